The summed E-state index contributed by atoms with van der Waals surface area (Å²) in [6.07, 6.45) is 0.556. The van der Waals surface area contributed by atoms with Crippen LogP contribution in [0.25, 0.3) is 0 Å². The topological polar surface area (TPSA) is 59.5 Å². The van der Waals surface area contributed by atoms with E-state index in [0.717, 1.165) is 6.42 Å². The summed E-state index contributed by atoms with van der Waals surface area (Å²) in [5.74, 6) is 0.733. The Labute approximate surface area is 142 Å². The molecule has 0 spiro atoms. The van der Waals surface area contributed by atoms with E-state index in [2.05, 4.69) is 20.9 Å². The van der Waals surface area contributed by atoms with Crippen LogP contribution in [0, 0.1) is 5.92 Å². The van der Waals surface area contributed by atoms with Crippen molar-refractivity contribution in [1.82, 2.24) is 9.88 Å². The molecule has 2 atom stereocenters. The Kier molecular flexibility index (Phi) is 5.60. The highest BCUT2D eigenvalue weighted by Crippen LogP contribution is 2.22. The number of ether oxygens (including phenoxy) is 1. The molecular weight excluding hydrogens is 368 g/mol. The summed E-state index contributed by atoms with van der Waals surface area (Å²) in [5, 5.41) is 0.574. The maximum atomic E-state index is 12.4. The fourth-order valence-corrected chi connectivity index (χ4v) is 4.04. The van der Waals surface area contributed by atoms with Crippen molar-refractivity contribution < 1.29 is 13.7 Å². The first kappa shape index (κ1) is 17.4. The second kappa shape index (κ2) is 7.08. The van der Waals surface area contributed by atoms with Crippen LogP contribution in [-0.4, -0.2) is 44.6 Å². The number of pyridine rings is 1. The molecule has 1 aromatic heterocycles. The minimum absolute atomic E-state index is 0.217. The molecule has 0 N–H and O–H groups in total. The van der Waals surface area contributed by atoms with E-state index in [1.165, 1.54) is 0 Å². The van der Waals surface area contributed by atoms with Crippen LogP contribution in [0.5, 0.6) is 0 Å². The van der Waals surface area contributed by atoms with E-state index in [4.69, 9.17) is 4.74 Å². The molecule has 122 valence electrons. The van der Waals surface area contributed by atoms with Crippen molar-refractivity contribution >= 4 is 32.8 Å². The van der Waals surface area contributed by atoms with Crippen LogP contribution in [0.2, 0.25) is 0 Å². The van der Waals surface area contributed by atoms with Crippen molar-refractivity contribution in [2.45, 2.75) is 37.8 Å². The maximum Gasteiger partial charge on any atom is 0.410 e. The molecule has 0 bridgehead atoms. The molecule has 0 aromatic carbocycles. The Balaban J connectivity index is 1.88. The summed E-state index contributed by atoms with van der Waals surface area (Å²) in [4.78, 5) is 17.9. The first-order valence-electron chi connectivity index (χ1n) is 7.23. The molecule has 1 saturated heterocycles. The molecule has 5 nitrogen and oxygen atoms in total. The maximum absolute atomic E-state index is 12.4. The van der Waals surface area contributed by atoms with Gasteiger partial charge in [0.05, 0.1) is 10.8 Å². The lowest BCUT2D eigenvalue weighted by molar-refractivity contribution is 0.0289. The number of likely N-dealkylation sites (tertiary alicyclic amines) is 1. The van der Waals surface area contributed by atoms with Crippen LogP contribution in [0.3, 0.4) is 0 Å². The minimum atomic E-state index is -1.15. The Bertz CT molecular complexity index is 574. The Morgan fingerprint density at radius 3 is 2.86 bits per heavy atom. The summed E-state index contributed by atoms with van der Waals surface area (Å²) in [6.45, 7) is 6.81. The number of amides is 1. The number of rotatable bonds is 3. The van der Waals surface area contributed by atoms with Gasteiger partial charge in [0.2, 0.25) is 0 Å². The number of nitrogens with zero attached hydrogens (tertiary/aromatic N) is 2. The first-order valence-corrected chi connectivity index (χ1v) is 9.34. The number of hydrogen-bond acceptors (Lipinski definition) is 4. The molecule has 1 fully saturated rings. The molecule has 0 radical (unpaired) electrons. The standard InChI is InChI=1S/C15H21BrN2O3S/c1-15(2,3)21-14(19)18-8-7-11(9-18)10-22(20)13-6-4-5-12(16)17-13/h4-6,11H,7-10H2,1-3H3. The Hall–Kier alpha value is -0.950. The molecule has 2 heterocycles. The van der Waals surface area contributed by atoms with E-state index < -0.39 is 16.4 Å². The number of hydrogen-bond donors (Lipinski definition) is 0. The van der Waals surface area contributed by atoms with Gasteiger partial charge in [0, 0.05) is 18.8 Å². The van der Waals surface area contributed by atoms with Gasteiger partial charge in [-0.25, -0.2) is 9.78 Å². The number of halogens is 1. The number of carbonyl (C=O) groups is 1. The second-order valence-corrected chi connectivity index (χ2v) is 8.65. The molecule has 1 amide bonds. The third kappa shape index (κ3) is 5.05. The van der Waals surface area contributed by atoms with Crippen molar-refractivity contribution in [3.8, 4) is 0 Å². The minimum Gasteiger partial charge on any atom is -0.444 e. The van der Waals surface area contributed by atoms with Crippen molar-refractivity contribution in [2.75, 3.05) is 18.8 Å². The van der Waals surface area contributed by atoms with Gasteiger partial charge in [0.25, 0.3) is 0 Å². The first-order chi connectivity index (χ1) is 10.2. The summed E-state index contributed by atoms with van der Waals surface area (Å²) in [5.41, 5.74) is -0.488. The van der Waals surface area contributed by atoms with E-state index in [1.54, 1.807) is 17.0 Å². The van der Waals surface area contributed by atoms with Gasteiger partial charge >= 0.3 is 6.09 Å². The predicted molar refractivity (Wildman–Crippen MR) is 89.1 cm³/mol. The smallest absolute Gasteiger partial charge is 0.410 e. The summed E-state index contributed by atoms with van der Waals surface area (Å²) in [7, 11) is -1.15. The second-order valence-electron chi connectivity index (χ2n) is 6.39. The van der Waals surface area contributed by atoms with Gasteiger partial charge in [-0.1, -0.05) is 6.07 Å². The zero-order valence-electron chi connectivity index (χ0n) is 13.0. The van der Waals surface area contributed by atoms with Gasteiger partial charge in [-0.05, 0) is 61.2 Å². The van der Waals surface area contributed by atoms with E-state index in [0.29, 0.717) is 28.5 Å². The van der Waals surface area contributed by atoms with Gasteiger partial charge in [0.15, 0.2) is 0 Å². The Morgan fingerprint density at radius 1 is 1.50 bits per heavy atom. The number of carbonyl (C=O) groups excluding carboxylic acids is 1. The van der Waals surface area contributed by atoms with E-state index in [-0.39, 0.29) is 12.0 Å². The van der Waals surface area contributed by atoms with Gasteiger partial charge in [-0.3, -0.25) is 4.21 Å². The molecule has 0 saturated carbocycles. The molecular formula is C15H21BrN2O3S. The summed E-state index contributed by atoms with van der Waals surface area (Å²) in [6, 6.07) is 5.40. The van der Waals surface area contributed by atoms with Crippen LogP contribution >= 0.6 is 15.9 Å². The van der Waals surface area contributed by atoms with Crippen molar-refractivity contribution in [2.24, 2.45) is 5.92 Å². The third-order valence-corrected chi connectivity index (χ3v) is 5.16. The highest BCUT2D eigenvalue weighted by Gasteiger charge is 2.30. The summed E-state index contributed by atoms with van der Waals surface area (Å²) < 4.78 is 18.4. The van der Waals surface area contributed by atoms with Gasteiger partial charge < -0.3 is 9.64 Å². The van der Waals surface area contributed by atoms with Crippen LogP contribution < -0.4 is 0 Å². The van der Waals surface area contributed by atoms with E-state index in [1.807, 2.05) is 26.8 Å². The lowest BCUT2D eigenvalue weighted by atomic mass is 10.2. The zero-order chi connectivity index (χ0) is 16.3. The average Bonchev–Trinajstić information content (AvgIpc) is 2.85. The largest absolute Gasteiger partial charge is 0.444 e. The SMILES string of the molecule is CC(C)(C)OC(=O)N1CCC(CS(=O)c2cccc(Br)n2)C1. The van der Waals surface area contributed by atoms with Crippen LogP contribution in [-0.2, 0) is 15.5 Å². The van der Waals surface area contributed by atoms with E-state index in [9.17, 15) is 9.00 Å². The molecule has 1 aliphatic heterocycles. The van der Waals surface area contributed by atoms with E-state index >= 15 is 0 Å². The van der Waals surface area contributed by atoms with Crippen molar-refractivity contribution in [3.05, 3.63) is 22.8 Å². The molecule has 2 rings (SSSR count). The fraction of sp³-hybridized carbons (Fsp3) is 0.600. The highest BCUT2D eigenvalue weighted by atomic mass is 79.9. The molecule has 0 aliphatic carbocycles. The molecule has 1 aliphatic rings. The molecule has 22 heavy (non-hydrogen) atoms. The fourth-order valence-electron chi connectivity index (χ4n) is 2.28. The molecule has 1 aromatic rings. The van der Waals surface area contributed by atoms with Gasteiger partial charge in [-0.2, -0.15) is 0 Å². The van der Waals surface area contributed by atoms with Crippen LogP contribution in [0.4, 0.5) is 4.79 Å². The van der Waals surface area contributed by atoms with Gasteiger partial charge in [0.1, 0.15) is 15.2 Å². The number of aromatic nitrogens is 1. The normalized spacial score (nSPS) is 20.0. The average molecular weight is 389 g/mol. The zero-order valence-corrected chi connectivity index (χ0v) is 15.4. The predicted octanol–water partition coefficient (Wildman–Crippen LogP) is 3.21. The van der Waals surface area contributed by atoms with Crippen LogP contribution in [0.1, 0.15) is 27.2 Å². The van der Waals surface area contributed by atoms with Gasteiger partial charge in [-0.15, -0.1) is 0 Å². The molecule has 7 heteroatoms. The Morgan fingerprint density at radius 2 is 2.23 bits per heavy atom. The lowest BCUT2D eigenvalue weighted by Crippen LogP contribution is -2.35. The van der Waals surface area contributed by atoms with Crippen LogP contribution in [0.15, 0.2) is 27.8 Å². The lowest BCUT2D eigenvalue weighted by Gasteiger charge is -2.24. The summed E-state index contributed by atoms with van der Waals surface area (Å²) >= 11 is 3.28. The highest BCUT2D eigenvalue weighted by molar-refractivity contribution is 9.10. The van der Waals surface area contributed by atoms with Crippen molar-refractivity contribution in [3.63, 3.8) is 0 Å². The molecule has 2 unspecified atom stereocenters. The quantitative estimate of drug-likeness (QED) is 0.745. The monoisotopic (exact) mass is 388 g/mol. The van der Waals surface area contributed by atoms with Crippen molar-refractivity contribution in [1.29, 1.82) is 0 Å². The third-order valence-electron chi connectivity index (χ3n) is 3.25.